The molecule has 0 spiro atoms. The van der Waals surface area contributed by atoms with Gasteiger partial charge in [-0.25, -0.2) is 0 Å². The predicted molar refractivity (Wildman–Crippen MR) is 79.6 cm³/mol. The van der Waals surface area contributed by atoms with Gasteiger partial charge in [-0.15, -0.1) is 0 Å². The van der Waals surface area contributed by atoms with E-state index in [0.29, 0.717) is 11.3 Å². The molecule has 1 atom stereocenters. The van der Waals surface area contributed by atoms with Crippen LogP contribution in [0, 0.1) is 11.3 Å². The maximum atomic E-state index is 3.48. The Kier molecular flexibility index (Phi) is 4.11. The van der Waals surface area contributed by atoms with E-state index in [1.54, 1.807) is 11.1 Å². The fraction of sp³-hybridized carbons (Fsp3) is 0.647. The zero-order chi connectivity index (χ0) is 13.2. The van der Waals surface area contributed by atoms with Crippen LogP contribution in [0.25, 0.3) is 0 Å². The molecule has 100 valence electrons. The molecule has 2 aliphatic rings. The van der Waals surface area contributed by atoms with Crippen molar-refractivity contribution >= 4 is 0 Å². The zero-order valence-electron chi connectivity index (χ0n) is 12.3. The molecule has 1 aliphatic carbocycles. The number of rotatable bonds is 3. The Balaban J connectivity index is 2.37. The molecule has 0 bridgehead atoms. The Labute approximate surface area is 112 Å². The molecule has 1 N–H and O–H groups in total. The first-order valence-corrected chi connectivity index (χ1v) is 7.43. The van der Waals surface area contributed by atoms with Gasteiger partial charge in [-0.2, -0.15) is 0 Å². The summed E-state index contributed by atoms with van der Waals surface area (Å²) >= 11 is 0. The Hall–Kier alpha value is -0.820. The molecule has 0 aromatic carbocycles. The summed E-state index contributed by atoms with van der Waals surface area (Å²) in [5, 5.41) is 3.48. The summed E-state index contributed by atoms with van der Waals surface area (Å²) in [7, 11) is 0. The SMILES string of the molecule is CCC(C)(CC)C1=CC(C)C=C2CNCCC2=C1. The number of piperidine rings is 1. The van der Waals surface area contributed by atoms with E-state index in [9.17, 15) is 0 Å². The Morgan fingerprint density at radius 1 is 1.22 bits per heavy atom. The molecule has 0 aromatic rings. The predicted octanol–water partition coefficient (Wildman–Crippen LogP) is 4.23. The third kappa shape index (κ3) is 2.61. The van der Waals surface area contributed by atoms with Crippen LogP contribution in [0.1, 0.15) is 47.0 Å². The van der Waals surface area contributed by atoms with Crippen LogP contribution in [0.3, 0.4) is 0 Å². The largest absolute Gasteiger partial charge is 0.312 e. The topological polar surface area (TPSA) is 12.0 Å². The van der Waals surface area contributed by atoms with Gasteiger partial charge in [0.1, 0.15) is 0 Å². The molecule has 1 unspecified atom stereocenters. The van der Waals surface area contributed by atoms with Crippen LogP contribution in [0.5, 0.6) is 0 Å². The summed E-state index contributed by atoms with van der Waals surface area (Å²) in [6.07, 6.45) is 11.0. The number of allylic oxidation sites excluding steroid dienone is 4. The molecule has 1 saturated heterocycles. The molecule has 0 amide bonds. The first kappa shape index (κ1) is 13.6. The van der Waals surface area contributed by atoms with Crippen molar-refractivity contribution in [2.45, 2.75) is 47.0 Å². The molecule has 0 radical (unpaired) electrons. The van der Waals surface area contributed by atoms with Crippen molar-refractivity contribution in [1.82, 2.24) is 5.32 Å². The molecule has 0 saturated carbocycles. The smallest absolute Gasteiger partial charge is 0.0205 e. The molecular weight excluding hydrogens is 218 g/mol. The minimum Gasteiger partial charge on any atom is -0.312 e. The summed E-state index contributed by atoms with van der Waals surface area (Å²) in [4.78, 5) is 0. The quantitative estimate of drug-likeness (QED) is 0.784. The van der Waals surface area contributed by atoms with Crippen molar-refractivity contribution < 1.29 is 0 Å². The highest BCUT2D eigenvalue weighted by Gasteiger charge is 2.26. The lowest BCUT2D eigenvalue weighted by Gasteiger charge is -2.30. The molecule has 1 nitrogen and oxygen atoms in total. The Morgan fingerprint density at radius 3 is 2.61 bits per heavy atom. The van der Waals surface area contributed by atoms with E-state index >= 15 is 0 Å². The van der Waals surface area contributed by atoms with E-state index in [1.807, 2.05) is 0 Å². The van der Waals surface area contributed by atoms with Crippen molar-refractivity contribution in [3.05, 3.63) is 34.9 Å². The summed E-state index contributed by atoms with van der Waals surface area (Å²) in [6, 6.07) is 0. The minimum atomic E-state index is 0.343. The van der Waals surface area contributed by atoms with Crippen LogP contribution in [0.4, 0.5) is 0 Å². The van der Waals surface area contributed by atoms with Gasteiger partial charge in [-0.1, -0.05) is 45.9 Å². The van der Waals surface area contributed by atoms with Crippen molar-refractivity contribution in [1.29, 1.82) is 0 Å². The monoisotopic (exact) mass is 245 g/mol. The van der Waals surface area contributed by atoms with Crippen molar-refractivity contribution in [2.24, 2.45) is 11.3 Å². The second kappa shape index (κ2) is 5.44. The van der Waals surface area contributed by atoms with Crippen molar-refractivity contribution in [2.75, 3.05) is 13.1 Å². The summed E-state index contributed by atoms with van der Waals surface area (Å²) in [6.45, 7) is 11.5. The molecule has 1 heteroatoms. The molecule has 1 heterocycles. The zero-order valence-corrected chi connectivity index (χ0v) is 12.3. The molecule has 1 aliphatic heterocycles. The standard InChI is InChI=1S/C17H27N/c1-5-17(4,6-2)16-10-13(3)9-15-12-18-8-7-14(15)11-16/h9-11,13,18H,5-8,12H2,1-4H3. The van der Waals surface area contributed by atoms with Gasteiger partial charge in [0.15, 0.2) is 0 Å². The van der Waals surface area contributed by atoms with Crippen molar-refractivity contribution in [3.8, 4) is 0 Å². The summed E-state index contributed by atoms with van der Waals surface area (Å²) < 4.78 is 0. The van der Waals surface area contributed by atoms with Gasteiger partial charge in [0.2, 0.25) is 0 Å². The van der Waals surface area contributed by atoms with Crippen LogP contribution >= 0.6 is 0 Å². The van der Waals surface area contributed by atoms with Gasteiger partial charge in [0.05, 0.1) is 0 Å². The number of fused-ring (bicyclic) bond motifs is 1. The van der Waals surface area contributed by atoms with Crippen LogP contribution in [-0.4, -0.2) is 13.1 Å². The molecule has 18 heavy (non-hydrogen) atoms. The highest BCUT2D eigenvalue weighted by molar-refractivity contribution is 5.45. The molecular formula is C17H27N. The number of hydrogen-bond acceptors (Lipinski definition) is 1. The Bertz CT molecular complexity index is 394. The van der Waals surface area contributed by atoms with Gasteiger partial charge in [-0.3, -0.25) is 0 Å². The van der Waals surface area contributed by atoms with Gasteiger partial charge < -0.3 is 5.32 Å². The van der Waals surface area contributed by atoms with Gasteiger partial charge in [-0.05, 0) is 53.9 Å². The van der Waals surface area contributed by atoms with E-state index in [1.165, 1.54) is 24.8 Å². The maximum absolute atomic E-state index is 3.48. The van der Waals surface area contributed by atoms with Crippen molar-refractivity contribution in [3.63, 3.8) is 0 Å². The van der Waals surface area contributed by atoms with E-state index in [4.69, 9.17) is 0 Å². The lowest BCUT2D eigenvalue weighted by atomic mass is 9.75. The lowest BCUT2D eigenvalue weighted by molar-refractivity contribution is 0.374. The first-order chi connectivity index (χ1) is 8.59. The van der Waals surface area contributed by atoms with E-state index in [-0.39, 0.29) is 0 Å². The van der Waals surface area contributed by atoms with Gasteiger partial charge in [0.25, 0.3) is 0 Å². The maximum Gasteiger partial charge on any atom is 0.0205 e. The summed E-state index contributed by atoms with van der Waals surface area (Å²) in [5.74, 6) is 0.557. The highest BCUT2D eigenvalue weighted by atomic mass is 14.9. The van der Waals surface area contributed by atoms with E-state index in [0.717, 1.165) is 13.1 Å². The average molecular weight is 245 g/mol. The number of hydrogen-bond donors (Lipinski definition) is 1. The van der Waals surface area contributed by atoms with E-state index in [2.05, 4.69) is 51.2 Å². The third-order valence-electron chi connectivity index (χ3n) is 4.79. The lowest BCUT2D eigenvalue weighted by Crippen LogP contribution is -2.26. The van der Waals surface area contributed by atoms with Crippen LogP contribution in [0.15, 0.2) is 34.9 Å². The fourth-order valence-electron chi connectivity index (χ4n) is 2.97. The molecule has 0 aromatic heterocycles. The highest BCUT2D eigenvalue weighted by Crippen LogP contribution is 2.39. The van der Waals surface area contributed by atoms with Crippen LogP contribution in [-0.2, 0) is 0 Å². The molecule has 2 rings (SSSR count). The van der Waals surface area contributed by atoms with E-state index < -0.39 is 0 Å². The van der Waals surface area contributed by atoms with Gasteiger partial charge in [0, 0.05) is 6.54 Å². The Morgan fingerprint density at radius 2 is 1.94 bits per heavy atom. The normalized spacial score (nSPS) is 24.7. The molecule has 1 fully saturated rings. The second-order valence-corrected chi connectivity index (χ2v) is 6.04. The minimum absolute atomic E-state index is 0.343. The average Bonchev–Trinajstić information content (AvgIpc) is 2.56. The van der Waals surface area contributed by atoms with Crippen LogP contribution < -0.4 is 5.32 Å². The summed E-state index contributed by atoms with van der Waals surface area (Å²) in [5.41, 5.74) is 4.99. The van der Waals surface area contributed by atoms with Crippen LogP contribution in [0.2, 0.25) is 0 Å². The fourth-order valence-corrected chi connectivity index (χ4v) is 2.97. The van der Waals surface area contributed by atoms with Gasteiger partial charge >= 0.3 is 0 Å². The number of nitrogens with one attached hydrogen (secondary N) is 1. The second-order valence-electron chi connectivity index (χ2n) is 6.04. The third-order valence-corrected chi connectivity index (χ3v) is 4.79. The first-order valence-electron chi connectivity index (χ1n) is 7.43.